The molecular weight excluding hydrogens is 216 g/mol. The first-order chi connectivity index (χ1) is 7.96. The van der Waals surface area contributed by atoms with Gasteiger partial charge in [0.25, 0.3) is 0 Å². The molecule has 0 heterocycles. The zero-order valence-corrected chi connectivity index (χ0v) is 10.9. The molecule has 0 saturated heterocycles. The zero-order chi connectivity index (χ0) is 13.1. The number of ether oxygens (including phenoxy) is 1. The summed E-state index contributed by atoms with van der Waals surface area (Å²) in [7, 11) is 0. The van der Waals surface area contributed by atoms with Crippen molar-refractivity contribution in [2.24, 2.45) is 0 Å². The molecule has 0 unspecified atom stereocenters. The quantitative estimate of drug-likeness (QED) is 0.853. The van der Waals surface area contributed by atoms with E-state index in [1.807, 2.05) is 45.9 Å². The number of hydrogen-bond donors (Lipinski definition) is 1. The summed E-state index contributed by atoms with van der Waals surface area (Å²) in [5.41, 5.74) is 0.993. The summed E-state index contributed by atoms with van der Waals surface area (Å²) in [5.74, 6) is -0.237. The molecule has 0 aliphatic rings. The van der Waals surface area contributed by atoms with Gasteiger partial charge in [-0.25, -0.2) is 4.79 Å². The van der Waals surface area contributed by atoms with Crippen LogP contribution < -0.4 is 4.74 Å². The van der Waals surface area contributed by atoms with E-state index in [4.69, 9.17) is 4.74 Å². The van der Waals surface area contributed by atoms with E-state index in [-0.39, 0.29) is 0 Å². The maximum atomic E-state index is 11.4. The second kappa shape index (κ2) is 5.21. The molecule has 3 heteroatoms. The van der Waals surface area contributed by atoms with Crippen molar-refractivity contribution in [1.29, 1.82) is 0 Å². The van der Waals surface area contributed by atoms with E-state index in [0.29, 0.717) is 18.6 Å². The van der Waals surface area contributed by atoms with Gasteiger partial charge in [0.15, 0.2) is 0 Å². The van der Waals surface area contributed by atoms with Crippen LogP contribution in [0, 0.1) is 13.8 Å². The fourth-order valence-electron chi connectivity index (χ4n) is 1.79. The number of hydrogen-bond acceptors (Lipinski definition) is 2. The van der Waals surface area contributed by atoms with Crippen LogP contribution >= 0.6 is 0 Å². The van der Waals surface area contributed by atoms with Gasteiger partial charge >= 0.3 is 5.97 Å². The molecule has 0 aromatic heterocycles. The van der Waals surface area contributed by atoms with Gasteiger partial charge in [0.1, 0.15) is 5.75 Å². The summed E-state index contributed by atoms with van der Waals surface area (Å²) < 4.78 is 5.77. The van der Waals surface area contributed by atoms with E-state index in [2.05, 4.69) is 0 Å². The van der Waals surface area contributed by atoms with Crippen molar-refractivity contribution in [3.63, 3.8) is 0 Å². The Labute approximate surface area is 102 Å². The molecule has 94 valence electrons. The Morgan fingerprint density at radius 2 is 1.88 bits per heavy atom. The Kier molecular flexibility index (Phi) is 4.16. The summed E-state index contributed by atoms with van der Waals surface area (Å²) in [6.45, 7) is 7.61. The zero-order valence-electron chi connectivity index (χ0n) is 10.9. The van der Waals surface area contributed by atoms with E-state index >= 15 is 0 Å². The van der Waals surface area contributed by atoms with Gasteiger partial charge in [-0.15, -0.1) is 0 Å². The molecule has 0 bridgehead atoms. The van der Waals surface area contributed by atoms with Gasteiger partial charge in [0.05, 0.1) is 0 Å². The highest BCUT2D eigenvalue weighted by molar-refractivity contribution is 5.78. The fourth-order valence-corrected chi connectivity index (χ4v) is 1.79. The van der Waals surface area contributed by atoms with Crippen LogP contribution in [0.1, 0.15) is 37.8 Å². The number of carboxylic acids is 1. The van der Waals surface area contributed by atoms with Crippen LogP contribution in [0.5, 0.6) is 5.75 Å². The summed E-state index contributed by atoms with van der Waals surface area (Å²) in [4.78, 5) is 11.4. The Morgan fingerprint density at radius 3 is 2.35 bits per heavy atom. The molecule has 0 saturated carbocycles. The van der Waals surface area contributed by atoms with Crippen LogP contribution in [0.3, 0.4) is 0 Å². The molecular formula is C14H20O3. The minimum atomic E-state index is -1.11. The molecule has 1 aromatic rings. The van der Waals surface area contributed by atoms with Gasteiger partial charge in [-0.2, -0.15) is 0 Å². The number of carboxylic acid groups (broad SMARTS) is 1. The fraction of sp³-hybridized carbons (Fsp3) is 0.500. The Balaban J connectivity index is 3.10. The van der Waals surface area contributed by atoms with Gasteiger partial charge < -0.3 is 9.84 Å². The van der Waals surface area contributed by atoms with E-state index < -0.39 is 11.6 Å². The van der Waals surface area contributed by atoms with Crippen LogP contribution in [0.15, 0.2) is 18.2 Å². The molecule has 1 rings (SSSR count). The van der Waals surface area contributed by atoms with Crippen LogP contribution in [-0.4, -0.2) is 16.7 Å². The first kappa shape index (κ1) is 13.6. The average molecular weight is 236 g/mol. The molecule has 0 fully saturated rings. The molecule has 0 spiro atoms. The van der Waals surface area contributed by atoms with E-state index in [0.717, 1.165) is 11.1 Å². The predicted octanol–water partition coefficient (Wildman–Crippen LogP) is 3.33. The van der Waals surface area contributed by atoms with Gasteiger partial charge in [0, 0.05) is 0 Å². The smallest absolute Gasteiger partial charge is 0.348 e. The lowest BCUT2D eigenvalue weighted by atomic mass is 9.97. The number of carbonyl (C=O) groups is 1. The highest BCUT2D eigenvalue weighted by atomic mass is 16.5. The van der Waals surface area contributed by atoms with Crippen molar-refractivity contribution in [2.75, 3.05) is 0 Å². The van der Waals surface area contributed by atoms with E-state index in [1.165, 1.54) is 0 Å². The van der Waals surface area contributed by atoms with Gasteiger partial charge in [-0.3, -0.25) is 0 Å². The number of aryl methyl sites for hydroxylation is 1. The van der Waals surface area contributed by atoms with Crippen LogP contribution in [0.2, 0.25) is 0 Å². The summed E-state index contributed by atoms with van der Waals surface area (Å²) in [6, 6.07) is 5.70. The van der Waals surface area contributed by atoms with Crippen molar-refractivity contribution in [2.45, 2.75) is 46.1 Å². The van der Waals surface area contributed by atoms with Crippen LogP contribution in [0.25, 0.3) is 0 Å². The standard InChI is InChI=1S/C14H20O3/c1-5-14(6-2,13(15)16)17-12-9-7-8-10(3)11(12)4/h7-9H,5-6H2,1-4H3,(H,15,16). The number of rotatable bonds is 5. The summed E-state index contributed by atoms with van der Waals surface area (Å²) >= 11 is 0. The molecule has 0 aliphatic heterocycles. The third-order valence-electron chi connectivity index (χ3n) is 3.39. The minimum Gasteiger partial charge on any atom is -0.478 e. The predicted molar refractivity (Wildman–Crippen MR) is 67.5 cm³/mol. The molecule has 3 nitrogen and oxygen atoms in total. The second-order valence-electron chi connectivity index (χ2n) is 4.31. The number of aliphatic carboxylic acids is 1. The second-order valence-corrected chi connectivity index (χ2v) is 4.31. The van der Waals surface area contributed by atoms with Crippen LogP contribution in [0.4, 0.5) is 0 Å². The van der Waals surface area contributed by atoms with E-state index in [1.54, 1.807) is 0 Å². The van der Waals surface area contributed by atoms with Gasteiger partial charge in [0.2, 0.25) is 5.60 Å². The van der Waals surface area contributed by atoms with Crippen molar-refractivity contribution >= 4 is 5.97 Å². The first-order valence-electron chi connectivity index (χ1n) is 5.95. The lowest BCUT2D eigenvalue weighted by Gasteiger charge is -2.29. The first-order valence-corrected chi connectivity index (χ1v) is 5.95. The Morgan fingerprint density at radius 1 is 1.29 bits per heavy atom. The summed E-state index contributed by atoms with van der Waals surface area (Å²) in [6.07, 6.45) is 0.901. The molecule has 0 aliphatic carbocycles. The van der Waals surface area contributed by atoms with Crippen LogP contribution in [-0.2, 0) is 4.79 Å². The Hall–Kier alpha value is -1.51. The summed E-state index contributed by atoms with van der Waals surface area (Å²) in [5, 5.41) is 9.32. The topological polar surface area (TPSA) is 46.5 Å². The highest BCUT2D eigenvalue weighted by Gasteiger charge is 2.37. The van der Waals surface area contributed by atoms with Crippen molar-refractivity contribution in [3.8, 4) is 5.75 Å². The largest absolute Gasteiger partial charge is 0.478 e. The van der Waals surface area contributed by atoms with Crippen molar-refractivity contribution in [1.82, 2.24) is 0 Å². The molecule has 0 atom stereocenters. The molecule has 17 heavy (non-hydrogen) atoms. The van der Waals surface area contributed by atoms with Crippen molar-refractivity contribution < 1.29 is 14.6 Å². The average Bonchev–Trinajstić information content (AvgIpc) is 2.31. The molecule has 1 aromatic carbocycles. The monoisotopic (exact) mass is 236 g/mol. The highest BCUT2D eigenvalue weighted by Crippen LogP contribution is 2.29. The lowest BCUT2D eigenvalue weighted by Crippen LogP contribution is -2.43. The molecule has 0 radical (unpaired) electrons. The minimum absolute atomic E-state index is 0.451. The maximum Gasteiger partial charge on any atom is 0.348 e. The normalized spacial score (nSPS) is 11.3. The van der Waals surface area contributed by atoms with E-state index in [9.17, 15) is 9.90 Å². The Bertz CT molecular complexity index is 406. The maximum absolute atomic E-state index is 11.4. The lowest BCUT2D eigenvalue weighted by molar-refractivity contribution is -0.156. The van der Waals surface area contributed by atoms with Crippen molar-refractivity contribution in [3.05, 3.63) is 29.3 Å². The molecule has 1 N–H and O–H groups in total. The number of benzene rings is 1. The SMILES string of the molecule is CCC(CC)(Oc1cccc(C)c1C)C(=O)O. The third kappa shape index (κ3) is 2.60. The van der Waals surface area contributed by atoms with Gasteiger partial charge in [-0.1, -0.05) is 26.0 Å². The van der Waals surface area contributed by atoms with Gasteiger partial charge in [-0.05, 0) is 43.9 Å². The third-order valence-corrected chi connectivity index (χ3v) is 3.39. The molecule has 0 amide bonds.